The van der Waals surface area contributed by atoms with Gasteiger partial charge in [0.15, 0.2) is 0 Å². The number of hydrogen-bond acceptors (Lipinski definition) is 1. The number of nitrogens with one attached hydrogen (secondary N) is 2. The third-order valence-corrected chi connectivity index (χ3v) is 5.22. The second kappa shape index (κ2) is 4.86. The molecule has 4 aromatic rings. The van der Waals surface area contributed by atoms with Crippen LogP contribution in [0.5, 0.6) is 0 Å². The summed E-state index contributed by atoms with van der Waals surface area (Å²) in [6, 6.07) is 20.1. The number of carbonyl (C=O) groups is 1. The van der Waals surface area contributed by atoms with Gasteiger partial charge in [-0.25, -0.2) is 0 Å². The van der Waals surface area contributed by atoms with Crippen LogP contribution in [0.3, 0.4) is 0 Å². The SMILES string of the molecule is Cn1cc(C2(c3ccc[nH]3)C(=O)Nc3ccccc32)c2ccccc21. The molecule has 0 fully saturated rings. The van der Waals surface area contributed by atoms with Crippen molar-refractivity contribution in [3.63, 3.8) is 0 Å². The van der Waals surface area contributed by atoms with Crippen molar-refractivity contribution in [2.45, 2.75) is 5.41 Å². The molecule has 1 unspecified atom stereocenters. The summed E-state index contributed by atoms with van der Waals surface area (Å²) in [6.07, 6.45) is 3.95. The third-order valence-electron chi connectivity index (χ3n) is 5.22. The molecule has 25 heavy (non-hydrogen) atoms. The van der Waals surface area contributed by atoms with Crippen molar-refractivity contribution in [1.29, 1.82) is 0 Å². The molecular weight excluding hydrogens is 310 g/mol. The first kappa shape index (κ1) is 14.1. The van der Waals surface area contributed by atoms with Gasteiger partial charge < -0.3 is 14.9 Å². The molecule has 4 heteroatoms. The highest BCUT2D eigenvalue weighted by Crippen LogP contribution is 2.49. The minimum atomic E-state index is -0.874. The van der Waals surface area contributed by atoms with Gasteiger partial charge in [-0.05, 0) is 24.3 Å². The molecular formula is C21H17N3O. The molecule has 0 bridgehead atoms. The molecule has 1 aliphatic rings. The van der Waals surface area contributed by atoms with Gasteiger partial charge in [0.1, 0.15) is 5.41 Å². The van der Waals surface area contributed by atoms with Crippen molar-refractivity contribution >= 4 is 22.5 Å². The van der Waals surface area contributed by atoms with E-state index in [1.54, 1.807) is 0 Å². The van der Waals surface area contributed by atoms with E-state index in [2.05, 4.69) is 33.2 Å². The Morgan fingerprint density at radius 3 is 2.56 bits per heavy atom. The van der Waals surface area contributed by atoms with E-state index in [1.165, 1.54) is 0 Å². The lowest BCUT2D eigenvalue weighted by molar-refractivity contribution is -0.118. The van der Waals surface area contributed by atoms with E-state index in [0.29, 0.717) is 0 Å². The Morgan fingerprint density at radius 1 is 0.920 bits per heavy atom. The Labute approximate surface area is 145 Å². The highest BCUT2D eigenvalue weighted by atomic mass is 16.2. The standard InChI is InChI=1S/C21H17N3O/c1-24-13-16(14-7-2-5-10-18(14)24)21(19-11-6-12-22-19)15-8-3-4-9-17(15)23-20(21)25/h2-13,22H,1H3,(H,23,25). The number of anilines is 1. The van der Waals surface area contributed by atoms with Crippen LogP contribution in [-0.4, -0.2) is 15.5 Å². The molecule has 2 aromatic heterocycles. The van der Waals surface area contributed by atoms with E-state index in [4.69, 9.17) is 0 Å². The molecule has 0 saturated heterocycles. The number of H-pyrrole nitrogens is 1. The lowest BCUT2D eigenvalue weighted by atomic mass is 9.73. The average Bonchev–Trinajstić information content (AvgIpc) is 3.33. The molecule has 0 radical (unpaired) electrons. The van der Waals surface area contributed by atoms with Crippen LogP contribution in [0.4, 0.5) is 5.69 Å². The summed E-state index contributed by atoms with van der Waals surface area (Å²) < 4.78 is 2.09. The maximum atomic E-state index is 13.4. The number of hydrogen-bond donors (Lipinski definition) is 2. The van der Waals surface area contributed by atoms with Crippen LogP contribution in [-0.2, 0) is 17.3 Å². The third kappa shape index (κ3) is 1.68. The average molecular weight is 327 g/mol. The molecule has 1 atom stereocenters. The zero-order valence-electron chi connectivity index (χ0n) is 13.8. The molecule has 122 valence electrons. The molecule has 1 aliphatic heterocycles. The van der Waals surface area contributed by atoms with Gasteiger partial charge in [-0.15, -0.1) is 0 Å². The van der Waals surface area contributed by atoms with E-state index in [9.17, 15) is 4.79 Å². The van der Waals surface area contributed by atoms with Gasteiger partial charge in [0.2, 0.25) is 5.91 Å². The van der Waals surface area contributed by atoms with Crippen LogP contribution in [0.1, 0.15) is 16.8 Å². The van der Waals surface area contributed by atoms with Gasteiger partial charge in [-0.1, -0.05) is 36.4 Å². The van der Waals surface area contributed by atoms with Crippen molar-refractivity contribution in [2.24, 2.45) is 7.05 Å². The van der Waals surface area contributed by atoms with Crippen LogP contribution in [0.25, 0.3) is 10.9 Å². The Kier molecular flexibility index (Phi) is 2.74. The van der Waals surface area contributed by atoms with Crippen LogP contribution < -0.4 is 5.32 Å². The van der Waals surface area contributed by atoms with Crippen LogP contribution in [0, 0.1) is 0 Å². The molecule has 1 amide bonds. The minimum Gasteiger partial charge on any atom is -0.364 e. The zero-order valence-corrected chi connectivity index (χ0v) is 13.8. The number of aromatic nitrogens is 2. The predicted molar refractivity (Wildman–Crippen MR) is 98.7 cm³/mol. The minimum absolute atomic E-state index is 0.0208. The molecule has 0 aliphatic carbocycles. The van der Waals surface area contributed by atoms with Crippen LogP contribution in [0.15, 0.2) is 73.1 Å². The maximum Gasteiger partial charge on any atom is 0.245 e. The summed E-state index contributed by atoms with van der Waals surface area (Å²) in [4.78, 5) is 16.7. The number of aryl methyl sites for hydroxylation is 1. The van der Waals surface area contributed by atoms with Crippen molar-refractivity contribution in [2.75, 3.05) is 5.32 Å². The highest BCUT2D eigenvalue weighted by Gasteiger charge is 2.51. The van der Waals surface area contributed by atoms with E-state index in [-0.39, 0.29) is 5.91 Å². The van der Waals surface area contributed by atoms with Gasteiger partial charge in [0.05, 0.1) is 0 Å². The number of para-hydroxylation sites is 2. The van der Waals surface area contributed by atoms with E-state index in [1.807, 2.05) is 61.8 Å². The largest absolute Gasteiger partial charge is 0.364 e. The summed E-state index contributed by atoms with van der Waals surface area (Å²) in [5.74, 6) is -0.0208. The number of amides is 1. The maximum absolute atomic E-state index is 13.4. The first-order chi connectivity index (χ1) is 12.2. The lowest BCUT2D eigenvalue weighted by Crippen LogP contribution is -2.37. The topological polar surface area (TPSA) is 49.8 Å². The molecule has 0 spiro atoms. The van der Waals surface area contributed by atoms with Gasteiger partial charge in [0.25, 0.3) is 0 Å². The Morgan fingerprint density at radius 2 is 1.72 bits per heavy atom. The fraction of sp³-hybridized carbons (Fsp3) is 0.0952. The highest BCUT2D eigenvalue weighted by molar-refractivity contribution is 6.13. The Hall–Kier alpha value is -3.27. The van der Waals surface area contributed by atoms with Crippen molar-refractivity contribution in [3.05, 3.63) is 89.9 Å². The van der Waals surface area contributed by atoms with Crippen molar-refractivity contribution < 1.29 is 4.79 Å². The molecule has 4 nitrogen and oxygen atoms in total. The van der Waals surface area contributed by atoms with Gasteiger partial charge in [-0.3, -0.25) is 4.79 Å². The zero-order chi connectivity index (χ0) is 17.0. The van der Waals surface area contributed by atoms with Crippen LogP contribution >= 0.6 is 0 Å². The summed E-state index contributed by atoms with van der Waals surface area (Å²) >= 11 is 0. The summed E-state index contributed by atoms with van der Waals surface area (Å²) in [5, 5.41) is 4.17. The number of nitrogens with zero attached hydrogens (tertiary/aromatic N) is 1. The fourth-order valence-electron chi connectivity index (χ4n) is 4.14. The number of aromatic amines is 1. The van der Waals surface area contributed by atoms with E-state index < -0.39 is 5.41 Å². The van der Waals surface area contributed by atoms with Gasteiger partial charge >= 0.3 is 0 Å². The first-order valence-corrected chi connectivity index (χ1v) is 8.32. The normalized spacial score (nSPS) is 19.2. The summed E-state index contributed by atoms with van der Waals surface area (Å²) in [6.45, 7) is 0. The van der Waals surface area contributed by atoms with E-state index in [0.717, 1.165) is 33.4 Å². The second-order valence-electron chi connectivity index (χ2n) is 6.50. The first-order valence-electron chi connectivity index (χ1n) is 8.32. The van der Waals surface area contributed by atoms with Crippen molar-refractivity contribution in [3.8, 4) is 0 Å². The molecule has 2 N–H and O–H groups in total. The Bertz CT molecular complexity index is 1110. The molecule has 2 aromatic carbocycles. The molecule has 5 rings (SSSR count). The second-order valence-corrected chi connectivity index (χ2v) is 6.50. The monoisotopic (exact) mass is 327 g/mol. The number of rotatable bonds is 2. The quantitative estimate of drug-likeness (QED) is 0.578. The number of fused-ring (bicyclic) bond motifs is 2. The van der Waals surface area contributed by atoms with Gasteiger partial charge in [0, 0.05) is 52.9 Å². The molecule has 3 heterocycles. The number of carbonyl (C=O) groups excluding carboxylic acids is 1. The predicted octanol–water partition coefficient (Wildman–Crippen LogP) is 3.79. The lowest BCUT2D eigenvalue weighted by Gasteiger charge is -2.26. The summed E-state index contributed by atoms with van der Waals surface area (Å²) in [5.41, 5.74) is 3.97. The fourth-order valence-corrected chi connectivity index (χ4v) is 4.14. The molecule has 0 saturated carbocycles. The van der Waals surface area contributed by atoms with Crippen LogP contribution in [0.2, 0.25) is 0 Å². The van der Waals surface area contributed by atoms with Crippen molar-refractivity contribution in [1.82, 2.24) is 9.55 Å². The van der Waals surface area contributed by atoms with Gasteiger partial charge in [-0.2, -0.15) is 0 Å². The summed E-state index contributed by atoms with van der Waals surface area (Å²) in [7, 11) is 2.02. The van der Waals surface area contributed by atoms with E-state index >= 15 is 0 Å². The Balaban J connectivity index is 1.95. The smallest absolute Gasteiger partial charge is 0.245 e. The number of benzene rings is 2.